The second-order valence-corrected chi connectivity index (χ2v) is 7.19. The highest BCUT2D eigenvalue weighted by Gasteiger charge is 2.35. The number of ether oxygens (including phenoxy) is 1. The number of benzene rings is 1. The molecule has 1 fully saturated rings. The summed E-state index contributed by atoms with van der Waals surface area (Å²) < 4.78 is 5.69. The van der Waals surface area contributed by atoms with Crippen molar-refractivity contribution in [2.75, 3.05) is 13.1 Å². The van der Waals surface area contributed by atoms with Crippen LogP contribution in [0.5, 0.6) is 5.75 Å². The quantitative estimate of drug-likeness (QED) is 0.930. The number of carbonyl (C=O) groups excluding carboxylic acids is 1. The molecule has 1 aliphatic heterocycles. The van der Waals surface area contributed by atoms with Crippen LogP contribution in [0.15, 0.2) is 24.3 Å². The normalized spacial score (nSPS) is 21.0. The fourth-order valence-electron chi connectivity index (χ4n) is 2.87. The maximum Gasteiger partial charge on any atom is 0.227 e. The molecule has 0 bridgehead atoms. The molecule has 2 rings (SSSR count). The van der Waals surface area contributed by atoms with Gasteiger partial charge in [-0.05, 0) is 43.4 Å². The lowest BCUT2D eigenvalue weighted by Gasteiger charge is -2.42. The third-order valence-corrected chi connectivity index (χ3v) is 4.29. The van der Waals surface area contributed by atoms with Gasteiger partial charge in [0.15, 0.2) is 0 Å². The smallest absolute Gasteiger partial charge is 0.227 e. The first kappa shape index (κ1) is 16.8. The number of nitrogens with zero attached hydrogens (tertiary/aromatic N) is 1. The van der Waals surface area contributed by atoms with Gasteiger partial charge in [0.05, 0.1) is 12.5 Å². The van der Waals surface area contributed by atoms with Gasteiger partial charge in [0.2, 0.25) is 5.91 Å². The molecule has 1 aliphatic rings. The van der Waals surface area contributed by atoms with Crippen LogP contribution in [0.25, 0.3) is 0 Å². The number of amides is 1. The van der Waals surface area contributed by atoms with E-state index in [1.807, 2.05) is 43.0 Å². The number of nitrogens with two attached hydrogens (primary N) is 1. The van der Waals surface area contributed by atoms with Crippen molar-refractivity contribution in [3.05, 3.63) is 29.8 Å². The van der Waals surface area contributed by atoms with Crippen molar-refractivity contribution in [1.82, 2.24) is 4.90 Å². The second kappa shape index (κ2) is 6.69. The van der Waals surface area contributed by atoms with Crippen LogP contribution in [0.4, 0.5) is 0 Å². The molecule has 1 saturated heterocycles. The number of likely N-dealkylation sites (tertiary alicyclic amines) is 1. The first-order valence-corrected chi connectivity index (χ1v) is 8.07. The van der Waals surface area contributed by atoms with Gasteiger partial charge in [-0.3, -0.25) is 4.79 Å². The molecule has 0 spiro atoms. The molecule has 0 aromatic heterocycles. The number of carbonyl (C=O) groups is 1. The summed E-state index contributed by atoms with van der Waals surface area (Å²) in [6.07, 6.45) is 1.42. The Morgan fingerprint density at radius 2 is 2.18 bits per heavy atom. The van der Waals surface area contributed by atoms with E-state index in [0.29, 0.717) is 6.42 Å². The minimum Gasteiger partial charge on any atom is -0.491 e. The van der Waals surface area contributed by atoms with Gasteiger partial charge in [-0.2, -0.15) is 0 Å². The Bertz CT molecular complexity index is 526. The van der Waals surface area contributed by atoms with Crippen LogP contribution in [-0.4, -0.2) is 36.0 Å². The monoisotopic (exact) mass is 304 g/mol. The molecular formula is C18H28N2O2. The Morgan fingerprint density at radius 1 is 1.45 bits per heavy atom. The summed E-state index contributed by atoms with van der Waals surface area (Å²) in [6.45, 7) is 9.75. The average Bonchev–Trinajstić information content (AvgIpc) is 2.41. The van der Waals surface area contributed by atoms with Crippen molar-refractivity contribution >= 4 is 5.91 Å². The van der Waals surface area contributed by atoms with E-state index in [9.17, 15) is 4.79 Å². The van der Waals surface area contributed by atoms with E-state index in [4.69, 9.17) is 10.5 Å². The number of piperidine rings is 1. The zero-order valence-corrected chi connectivity index (χ0v) is 14.1. The molecule has 122 valence electrons. The Kier molecular flexibility index (Phi) is 5.12. The van der Waals surface area contributed by atoms with E-state index in [0.717, 1.165) is 30.8 Å². The lowest BCUT2D eigenvalue weighted by molar-refractivity contribution is -0.133. The summed E-state index contributed by atoms with van der Waals surface area (Å²) in [4.78, 5) is 14.5. The SMILES string of the molecule is CC(C)Oc1cccc(CC(=O)N2CCC(N)C(C)(C)C2)c1. The first-order valence-electron chi connectivity index (χ1n) is 8.07. The van der Waals surface area contributed by atoms with Crippen molar-refractivity contribution in [2.24, 2.45) is 11.1 Å². The molecule has 22 heavy (non-hydrogen) atoms. The van der Waals surface area contributed by atoms with Crippen LogP contribution in [0.1, 0.15) is 39.7 Å². The van der Waals surface area contributed by atoms with Crippen LogP contribution < -0.4 is 10.5 Å². The molecule has 1 heterocycles. The minimum atomic E-state index is -0.0173. The number of rotatable bonds is 4. The van der Waals surface area contributed by atoms with E-state index in [1.165, 1.54) is 0 Å². The third kappa shape index (κ3) is 4.23. The Labute approximate surface area is 133 Å². The fraction of sp³-hybridized carbons (Fsp3) is 0.611. The number of hydrogen-bond donors (Lipinski definition) is 1. The van der Waals surface area contributed by atoms with Crippen molar-refractivity contribution in [2.45, 2.75) is 52.7 Å². The summed E-state index contributed by atoms with van der Waals surface area (Å²) in [5, 5.41) is 0. The van der Waals surface area contributed by atoms with E-state index in [2.05, 4.69) is 13.8 Å². The Morgan fingerprint density at radius 3 is 2.82 bits per heavy atom. The average molecular weight is 304 g/mol. The van der Waals surface area contributed by atoms with Crippen molar-refractivity contribution in [1.29, 1.82) is 0 Å². The molecular weight excluding hydrogens is 276 g/mol. The van der Waals surface area contributed by atoms with Crippen LogP contribution in [0, 0.1) is 5.41 Å². The first-order chi connectivity index (χ1) is 10.3. The highest BCUT2D eigenvalue weighted by molar-refractivity contribution is 5.79. The van der Waals surface area contributed by atoms with E-state index >= 15 is 0 Å². The molecule has 1 aromatic carbocycles. The molecule has 4 nitrogen and oxygen atoms in total. The van der Waals surface area contributed by atoms with E-state index < -0.39 is 0 Å². The maximum absolute atomic E-state index is 12.5. The van der Waals surface area contributed by atoms with Crippen LogP contribution >= 0.6 is 0 Å². The van der Waals surface area contributed by atoms with Gasteiger partial charge in [0.1, 0.15) is 5.75 Å². The lowest BCUT2D eigenvalue weighted by atomic mass is 9.79. The molecule has 2 N–H and O–H groups in total. The van der Waals surface area contributed by atoms with Crippen LogP contribution in [-0.2, 0) is 11.2 Å². The standard InChI is InChI=1S/C18H28N2O2/c1-13(2)22-15-7-5-6-14(10-15)11-17(21)20-9-8-16(19)18(3,4)12-20/h5-7,10,13,16H,8-9,11-12,19H2,1-4H3. The molecule has 0 aliphatic carbocycles. The number of hydrogen-bond acceptors (Lipinski definition) is 3. The van der Waals surface area contributed by atoms with Gasteiger partial charge in [0.25, 0.3) is 0 Å². The van der Waals surface area contributed by atoms with Gasteiger partial charge in [-0.1, -0.05) is 26.0 Å². The predicted molar refractivity (Wildman–Crippen MR) is 88.9 cm³/mol. The van der Waals surface area contributed by atoms with Crippen LogP contribution in [0.3, 0.4) is 0 Å². The minimum absolute atomic E-state index is 0.0173. The van der Waals surface area contributed by atoms with E-state index in [-0.39, 0.29) is 23.5 Å². The van der Waals surface area contributed by atoms with Crippen molar-refractivity contribution in [3.63, 3.8) is 0 Å². The fourth-order valence-corrected chi connectivity index (χ4v) is 2.87. The van der Waals surface area contributed by atoms with Gasteiger partial charge in [0, 0.05) is 19.1 Å². The molecule has 0 saturated carbocycles. The van der Waals surface area contributed by atoms with E-state index in [1.54, 1.807) is 0 Å². The van der Waals surface area contributed by atoms with Gasteiger partial charge in [-0.25, -0.2) is 0 Å². The third-order valence-electron chi connectivity index (χ3n) is 4.29. The summed E-state index contributed by atoms with van der Waals surface area (Å²) in [7, 11) is 0. The Balaban J connectivity index is 2.00. The van der Waals surface area contributed by atoms with Gasteiger partial charge >= 0.3 is 0 Å². The molecule has 1 amide bonds. The Hall–Kier alpha value is -1.55. The maximum atomic E-state index is 12.5. The molecule has 1 unspecified atom stereocenters. The summed E-state index contributed by atoms with van der Waals surface area (Å²) >= 11 is 0. The lowest BCUT2D eigenvalue weighted by Crippen LogP contribution is -2.54. The summed E-state index contributed by atoms with van der Waals surface area (Å²) in [5.41, 5.74) is 7.12. The zero-order valence-electron chi connectivity index (χ0n) is 14.1. The molecule has 4 heteroatoms. The van der Waals surface area contributed by atoms with Crippen molar-refractivity contribution in [3.8, 4) is 5.75 Å². The largest absolute Gasteiger partial charge is 0.491 e. The zero-order chi connectivity index (χ0) is 16.3. The topological polar surface area (TPSA) is 55.6 Å². The summed E-state index contributed by atoms with van der Waals surface area (Å²) in [5.74, 6) is 0.989. The molecule has 1 aromatic rings. The molecule has 1 atom stereocenters. The highest BCUT2D eigenvalue weighted by atomic mass is 16.5. The van der Waals surface area contributed by atoms with Crippen molar-refractivity contribution < 1.29 is 9.53 Å². The molecule has 0 radical (unpaired) electrons. The predicted octanol–water partition coefficient (Wildman–Crippen LogP) is 2.60. The van der Waals surface area contributed by atoms with Crippen LogP contribution in [0.2, 0.25) is 0 Å². The van der Waals surface area contributed by atoms with Gasteiger partial charge in [-0.15, -0.1) is 0 Å². The highest BCUT2D eigenvalue weighted by Crippen LogP contribution is 2.28. The second-order valence-electron chi connectivity index (χ2n) is 7.19. The summed E-state index contributed by atoms with van der Waals surface area (Å²) in [6, 6.07) is 7.97. The van der Waals surface area contributed by atoms with Gasteiger partial charge < -0.3 is 15.4 Å².